The number of rotatable bonds is 6. The Morgan fingerprint density at radius 2 is 1.88 bits per heavy atom. The summed E-state index contributed by atoms with van der Waals surface area (Å²) < 4.78 is 7.73. The third-order valence-electron chi connectivity index (χ3n) is 4.32. The van der Waals surface area contributed by atoms with Gasteiger partial charge in [0.25, 0.3) is 0 Å². The van der Waals surface area contributed by atoms with Crippen LogP contribution in [0.15, 0.2) is 71.7 Å². The van der Waals surface area contributed by atoms with E-state index in [0.29, 0.717) is 0 Å². The summed E-state index contributed by atoms with van der Waals surface area (Å²) >= 11 is 0. The molecule has 2 aromatic heterocycles. The van der Waals surface area contributed by atoms with Crippen LogP contribution >= 0.6 is 0 Å². The lowest BCUT2D eigenvalue weighted by molar-refractivity contribution is 0.451. The van der Waals surface area contributed by atoms with Crippen molar-refractivity contribution in [3.8, 4) is 0 Å². The van der Waals surface area contributed by atoms with Gasteiger partial charge in [0.15, 0.2) is 0 Å². The molecule has 0 bridgehead atoms. The number of hydrogen-bond acceptors (Lipinski definition) is 4. The van der Waals surface area contributed by atoms with E-state index in [4.69, 9.17) is 4.42 Å². The van der Waals surface area contributed by atoms with Gasteiger partial charge in [0.2, 0.25) is 0 Å². The molecule has 1 atom stereocenters. The highest BCUT2D eigenvalue weighted by Crippen LogP contribution is 2.23. The molecule has 0 aliphatic rings. The predicted molar refractivity (Wildman–Crippen MR) is 97.0 cm³/mol. The highest BCUT2D eigenvalue weighted by molar-refractivity contribution is 5.77. The first-order valence-corrected chi connectivity index (χ1v) is 8.40. The summed E-state index contributed by atoms with van der Waals surface area (Å²) in [6.45, 7) is 3.65. The summed E-state index contributed by atoms with van der Waals surface area (Å²) in [5, 5.41) is 8.79. The van der Waals surface area contributed by atoms with E-state index in [-0.39, 0.29) is 6.04 Å². The fraction of sp³-hybridized carbons (Fsp3) is 0.200. The van der Waals surface area contributed by atoms with Crippen molar-refractivity contribution in [3.63, 3.8) is 0 Å². The maximum atomic E-state index is 5.92. The number of furan rings is 1. The van der Waals surface area contributed by atoms with Gasteiger partial charge in [-0.05, 0) is 30.2 Å². The summed E-state index contributed by atoms with van der Waals surface area (Å²) in [4.78, 5) is 3.96. The first-order valence-electron chi connectivity index (χ1n) is 8.40. The number of fused-ring (bicyclic) bond motifs is 1. The van der Waals surface area contributed by atoms with Crippen LogP contribution in [0.5, 0.6) is 0 Å². The molecule has 0 aliphatic carbocycles. The Bertz CT molecular complexity index is 908. The van der Waals surface area contributed by atoms with Crippen molar-refractivity contribution in [3.05, 3.63) is 84.1 Å². The first kappa shape index (κ1) is 15.6. The molecule has 5 nitrogen and oxygen atoms in total. The third-order valence-corrected chi connectivity index (χ3v) is 4.32. The Labute approximate surface area is 146 Å². The number of aromatic nitrogens is 3. The van der Waals surface area contributed by atoms with Gasteiger partial charge in [-0.3, -0.25) is 0 Å². The van der Waals surface area contributed by atoms with Crippen molar-refractivity contribution in [1.29, 1.82) is 0 Å². The number of nitrogens with one attached hydrogen (secondary N) is 1. The molecule has 0 unspecified atom stereocenters. The molecule has 126 valence electrons. The van der Waals surface area contributed by atoms with E-state index in [1.54, 1.807) is 12.7 Å². The van der Waals surface area contributed by atoms with E-state index < -0.39 is 0 Å². The van der Waals surface area contributed by atoms with Crippen LogP contribution in [0.4, 0.5) is 0 Å². The minimum atomic E-state index is 0.155. The van der Waals surface area contributed by atoms with Gasteiger partial charge in [0, 0.05) is 11.9 Å². The number of benzene rings is 2. The Morgan fingerprint density at radius 3 is 2.64 bits per heavy atom. The highest BCUT2D eigenvalue weighted by Gasteiger charge is 2.10. The Morgan fingerprint density at radius 1 is 1.08 bits per heavy atom. The van der Waals surface area contributed by atoms with Crippen molar-refractivity contribution >= 4 is 11.0 Å². The van der Waals surface area contributed by atoms with Crippen LogP contribution in [0.2, 0.25) is 0 Å². The van der Waals surface area contributed by atoms with Crippen LogP contribution in [0.1, 0.15) is 29.9 Å². The molecular weight excluding hydrogens is 312 g/mol. The van der Waals surface area contributed by atoms with Crippen molar-refractivity contribution < 1.29 is 4.42 Å². The number of para-hydroxylation sites is 1. The highest BCUT2D eigenvalue weighted by atomic mass is 16.3. The van der Waals surface area contributed by atoms with Gasteiger partial charge < -0.3 is 9.73 Å². The van der Waals surface area contributed by atoms with Crippen LogP contribution in [0, 0.1) is 0 Å². The van der Waals surface area contributed by atoms with Gasteiger partial charge in [0.05, 0.1) is 12.6 Å². The summed E-state index contributed by atoms with van der Waals surface area (Å²) in [6, 6.07) is 18.9. The van der Waals surface area contributed by atoms with Crippen LogP contribution in [-0.4, -0.2) is 14.8 Å². The van der Waals surface area contributed by atoms with E-state index in [9.17, 15) is 0 Å². The molecule has 25 heavy (non-hydrogen) atoms. The predicted octanol–water partition coefficient (Wildman–Crippen LogP) is 3.92. The second kappa shape index (κ2) is 6.91. The zero-order chi connectivity index (χ0) is 17.1. The molecule has 2 aromatic carbocycles. The second-order valence-electron chi connectivity index (χ2n) is 6.20. The quantitative estimate of drug-likeness (QED) is 0.581. The van der Waals surface area contributed by atoms with Crippen LogP contribution in [-0.2, 0) is 13.1 Å². The molecule has 2 heterocycles. The molecule has 0 aliphatic heterocycles. The standard InChI is InChI=1S/C20H20N4O/c1-15(20-10-18-4-2-3-5-19(18)25-20)22-11-16-6-8-17(9-7-16)12-24-14-21-13-23-24/h2-10,13-15,22H,11-12H2,1H3/t15-/m0/s1. The molecule has 1 N–H and O–H groups in total. The Kier molecular flexibility index (Phi) is 4.31. The van der Waals surface area contributed by atoms with Crippen molar-refractivity contribution in [2.75, 3.05) is 0 Å². The lowest BCUT2D eigenvalue weighted by Crippen LogP contribution is -2.17. The lowest BCUT2D eigenvalue weighted by atomic mass is 10.1. The van der Waals surface area contributed by atoms with Crippen molar-refractivity contribution in [2.24, 2.45) is 0 Å². The summed E-state index contributed by atoms with van der Waals surface area (Å²) in [7, 11) is 0. The molecule has 0 fully saturated rings. The van der Waals surface area contributed by atoms with Crippen molar-refractivity contribution in [1.82, 2.24) is 20.1 Å². The van der Waals surface area contributed by atoms with Gasteiger partial charge in [0.1, 0.15) is 24.0 Å². The molecule has 0 amide bonds. The van der Waals surface area contributed by atoms with E-state index in [2.05, 4.69) is 58.7 Å². The number of hydrogen-bond donors (Lipinski definition) is 1. The van der Waals surface area contributed by atoms with E-state index in [1.807, 2.05) is 22.9 Å². The van der Waals surface area contributed by atoms with Gasteiger partial charge in [-0.2, -0.15) is 5.10 Å². The Balaban J connectivity index is 1.37. The zero-order valence-corrected chi connectivity index (χ0v) is 14.1. The van der Waals surface area contributed by atoms with E-state index in [0.717, 1.165) is 29.8 Å². The lowest BCUT2D eigenvalue weighted by Gasteiger charge is -2.11. The molecule has 0 saturated heterocycles. The summed E-state index contributed by atoms with van der Waals surface area (Å²) in [5.41, 5.74) is 3.38. The Hall–Kier alpha value is -2.92. The third kappa shape index (κ3) is 3.61. The fourth-order valence-electron chi connectivity index (χ4n) is 2.85. The maximum absolute atomic E-state index is 5.92. The van der Waals surface area contributed by atoms with Crippen LogP contribution in [0.25, 0.3) is 11.0 Å². The first-order chi connectivity index (χ1) is 12.3. The molecular formula is C20H20N4O. The largest absolute Gasteiger partial charge is 0.459 e. The SMILES string of the molecule is C[C@H](NCc1ccc(Cn2cncn2)cc1)c1cc2ccccc2o1. The van der Waals surface area contributed by atoms with Crippen LogP contribution in [0.3, 0.4) is 0 Å². The minimum Gasteiger partial charge on any atom is -0.459 e. The van der Waals surface area contributed by atoms with Crippen molar-refractivity contribution in [2.45, 2.75) is 26.1 Å². The molecule has 0 radical (unpaired) electrons. The van der Waals surface area contributed by atoms with Gasteiger partial charge >= 0.3 is 0 Å². The normalized spacial score (nSPS) is 12.5. The average Bonchev–Trinajstić information content (AvgIpc) is 3.30. The molecule has 4 aromatic rings. The van der Waals surface area contributed by atoms with Gasteiger partial charge in [-0.25, -0.2) is 9.67 Å². The second-order valence-corrected chi connectivity index (χ2v) is 6.20. The van der Waals surface area contributed by atoms with E-state index in [1.165, 1.54) is 11.1 Å². The minimum absolute atomic E-state index is 0.155. The van der Waals surface area contributed by atoms with Gasteiger partial charge in [-0.1, -0.05) is 42.5 Å². The topological polar surface area (TPSA) is 55.9 Å². The molecule has 0 saturated carbocycles. The smallest absolute Gasteiger partial charge is 0.137 e. The van der Waals surface area contributed by atoms with E-state index >= 15 is 0 Å². The average molecular weight is 332 g/mol. The summed E-state index contributed by atoms with van der Waals surface area (Å²) in [5.74, 6) is 0.962. The maximum Gasteiger partial charge on any atom is 0.137 e. The molecule has 4 rings (SSSR count). The zero-order valence-electron chi connectivity index (χ0n) is 14.1. The van der Waals surface area contributed by atoms with Gasteiger partial charge in [-0.15, -0.1) is 0 Å². The number of nitrogens with zero attached hydrogens (tertiary/aromatic N) is 3. The summed E-state index contributed by atoms with van der Waals surface area (Å²) in [6.07, 6.45) is 3.28. The fourth-order valence-corrected chi connectivity index (χ4v) is 2.85. The monoisotopic (exact) mass is 332 g/mol. The molecule has 0 spiro atoms. The van der Waals surface area contributed by atoms with Crippen LogP contribution < -0.4 is 5.32 Å². The molecule has 5 heteroatoms.